The molecule has 0 saturated carbocycles. The van der Waals surface area contributed by atoms with Crippen LogP contribution >= 0.6 is 9.24 Å². The summed E-state index contributed by atoms with van der Waals surface area (Å²) in [5, 5.41) is -0.436. The molecule has 0 aliphatic heterocycles. The van der Waals surface area contributed by atoms with Crippen LogP contribution in [0.15, 0.2) is 72.6 Å². The van der Waals surface area contributed by atoms with Crippen LogP contribution in [0.4, 0.5) is 35.1 Å². The van der Waals surface area contributed by atoms with E-state index in [1.165, 1.54) is 30.4 Å². The SMILES string of the molecule is CC(/C=C\F)=C/C=C/c1ccc(-c2cc(F)c(C(F)(F)Oc3cc(F)c(F)c(P)c3)c(F)c2)c(F)c1. The number of benzene rings is 3. The van der Waals surface area contributed by atoms with E-state index in [9.17, 15) is 35.1 Å². The van der Waals surface area contributed by atoms with E-state index in [2.05, 4.69) is 4.74 Å². The molecule has 0 saturated heterocycles. The average molecular weight is 528 g/mol. The van der Waals surface area contributed by atoms with Crippen molar-refractivity contribution in [1.29, 1.82) is 0 Å². The molecule has 0 bridgehead atoms. The summed E-state index contributed by atoms with van der Waals surface area (Å²) in [7, 11) is 1.77. The maximum absolute atomic E-state index is 14.6. The zero-order valence-corrected chi connectivity index (χ0v) is 19.6. The molecule has 0 aliphatic rings. The number of allylic oxidation sites excluding steroid dienone is 4. The van der Waals surface area contributed by atoms with Gasteiger partial charge in [0.05, 0.1) is 6.33 Å². The molecular formula is C26H17F8OP. The Bertz CT molecular complexity index is 1330. The highest BCUT2D eigenvalue weighted by Crippen LogP contribution is 2.37. The van der Waals surface area contributed by atoms with E-state index in [4.69, 9.17) is 0 Å². The van der Waals surface area contributed by atoms with Gasteiger partial charge in [-0.3, -0.25) is 0 Å². The van der Waals surface area contributed by atoms with Crippen molar-refractivity contribution in [2.45, 2.75) is 13.0 Å². The molecule has 3 rings (SSSR count). The minimum atomic E-state index is -4.61. The molecule has 0 N–H and O–H groups in total. The summed E-state index contributed by atoms with van der Waals surface area (Å²) in [5.41, 5.74) is -1.44. The van der Waals surface area contributed by atoms with Crippen molar-refractivity contribution in [3.63, 3.8) is 0 Å². The molecule has 1 atom stereocenters. The van der Waals surface area contributed by atoms with E-state index in [0.717, 1.165) is 6.07 Å². The van der Waals surface area contributed by atoms with Crippen LogP contribution in [0.2, 0.25) is 0 Å². The molecule has 0 radical (unpaired) electrons. The Balaban J connectivity index is 1.91. The molecule has 0 amide bonds. The van der Waals surface area contributed by atoms with E-state index in [-0.39, 0.29) is 11.1 Å². The maximum Gasteiger partial charge on any atom is 0.432 e. The second-order valence-corrected chi connectivity index (χ2v) is 8.17. The Kier molecular flexibility index (Phi) is 8.35. The smallest absolute Gasteiger partial charge is 0.429 e. The Morgan fingerprint density at radius 1 is 0.889 bits per heavy atom. The van der Waals surface area contributed by atoms with Gasteiger partial charge in [-0.2, -0.15) is 8.78 Å². The predicted octanol–water partition coefficient (Wildman–Crippen LogP) is 8.12. The van der Waals surface area contributed by atoms with Crippen molar-refractivity contribution in [3.05, 3.63) is 113 Å². The minimum absolute atomic E-state index is 0.263. The van der Waals surface area contributed by atoms with Crippen LogP contribution in [0, 0.1) is 29.1 Å². The Morgan fingerprint density at radius 2 is 1.56 bits per heavy atom. The normalized spacial score (nSPS) is 12.7. The summed E-state index contributed by atoms with van der Waals surface area (Å²) in [6, 6.07) is 5.72. The summed E-state index contributed by atoms with van der Waals surface area (Å²) in [5.74, 6) is -8.05. The minimum Gasteiger partial charge on any atom is -0.429 e. The van der Waals surface area contributed by atoms with Gasteiger partial charge in [0.25, 0.3) is 0 Å². The fourth-order valence-electron chi connectivity index (χ4n) is 3.18. The molecule has 188 valence electrons. The van der Waals surface area contributed by atoms with E-state index in [0.29, 0.717) is 41.7 Å². The largest absolute Gasteiger partial charge is 0.432 e. The van der Waals surface area contributed by atoms with Crippen molar-refractivity contribution >= 4 is 20.6 Å². The number of alkyl halides is 2. The number of hydrogen-bond donors (Lipinski definition) is 0. The van der Waals surface area contributed by atoms with Gasteiger partial charge >= 0.3 is 6.11 Å². The zero-order chi connectivity index (χ0) is 26.6. The fraction of sp³-hybridized carbons (Fsp3) is 0.0769. The van der Waals surface area contributed by atoms with E-state index >= 15 is 0 Å². The van der Waals surface area contributed by atoms with Crippen molar-refractivity contribution in [2.24, 2.45) is 0 Å². The van der Waals surface area contributed by atoms with Gasteiger partial charge in [-0.15, -0.1) is 9.24 Å². The number of hydrogen-bond acceptors (Lipinski definition) is 1. The first-order valence-corrected chi connectivity index (χ1v) is 10.7. The van der Waals surface area contributed by atoms with Crippen LogP contribution in [0.5, 0.6) is 5.75 Å². The first-order chi connectivity index (χ1) is 16.9. The highest BCUT2D eigenvalue weighted by Gasteiger charge is 2.41. The molecule has 0 fully saturated rings. The third-order valence-electron chi connectivity index (χ3n) is 4.89. The highest BCUT2D eigenvalue weighted by atomic mass is 31.0. The third kappa shape index (κ3) is 6.21. The topological polar surface area (TPSA) is 9.23 Å². The summed E-state index contributed by atoms with van der Waals surface area (Å²) in [6.45, 7) is 1.64. The lowest BCUT2D eigenvalue weighted by atomic mass is 10.00. The molecule has 0 heterocycles. The van der Waals surface area contributed by atoms with Gasteiger partial charge in [-0.1, -0.05) is 30.4 Å². The van der Waals surface area contributed by atoms with Crippen molar-refractivity contribution in [3.8, 4) is 16.9 Å². The van der Waals surface area contributed by atoms with Crippen molar-refractivity contribution < 1.29 is 39.9 Å². The second-order valence-electron chi connectivity index (χ2n) is 7.54. The molecule has 3 aromatic carbocycles. The highest BCUT2D eigenvalue weighted by molar-refractivity contribution is 7.27. The number of rotatable bonds is 7. The Hall–Kier alpha value is -3.45. The van der Waals surface area contributed by atoms with Gasteiger partial charge in [0.2, 0.25) is 0 Å². The first kappa shape index (κ1) is 27.1. The lowest BCUT2D eigenvalue weighted by Gasteiger charge is -2.20. The van der Waals surface area contributed by atoms with E-state index in [1.807, 2.05) is 0 Å². The van der Waals surface area contributed by atoms with Crippen LogP contribution in [0.3, 0.4) is 0 Å². The quantitative estimate of drug-likeness (QED) is 0.171. The van der Waals surface area contributed by atoms with Crippen LogP contribution in [0.1, 0.15) is 18.1 Å². The molecule has 1 nitrogen and oxygen atoms in total. The molecule has 3 aromatic rings. The Morgan fingerprint density at radius 3 is 2.14 bits per heavy atom. The van der Waals surface area contributed by atoms with Crippen molar-refractivity contribution in [1.82, 2.24) is 0 Å². The molecule has 1 unspecified atom stereocenters. The molecule has 10 heteroatoms. The zero-order valence-electron chi connectivity index (χ0n) is 18.4. The van der Waals surface area contributed by atoms with Gasteiger partial charge in [0, 0.05) is 16.9 Å². The molecule has 0 aromatic heterocycles. The monoisotopic (exact) mass is 528 g/mol. The summed E-state index contributed by atoms with van der Waals surface area (Å²) >= 11 is 0. The molecule has 0 aliphatic carbocycles. The van der Waals surface area contributed by atoms with Crippen LogP contribution < -0.4 is 10.0 Å². The van der Waals surface area contributed by atoms with Crippen LogP contribution in [0.25, 0.3) is 17.2 Å². The molecular weight excluding hydrogens is 511 g/mol. The summed E-state index contributed by atoms with van der Waals surface area (Å²) < 4.78 is 116. The third-order valence-corrected chi connectivity index (χ3v) is 5.31. The summed E-state index contributed by atoms with van der Waals surface area (Å²) in [4.78, 5) is 0. The average Bonchev–Trinajstić information content (AvgIpc) is 2.76. The summed E-state index contributed by atoms with van der Waals surface area (Å²) in [6.07, 6.45) is 1.57. The molecule has 36 heavy (non-hydrogen) atoms. The fourth-order valence-corrected chi connectivity index (χ4v) is 3.49. The van der Waals surface area contributed by atoms with Crippen LogP contribution in [-0.4, -0.2) is 0 Å². The lowest BCUT2D eigenvalue weighted by Crippen LogP contribution is -2.26. The van der Waals surface area contributed by atoms with Gasteiger partial charge < -0.3 is 4.74 Å². The first-order valence-electron chi connectivity index (χ1n) is 10.2. The van der Waals surface area contributed by atoms with Gasteiger partial charge in [-0.25, -0.2) is 26.3 Å². The van der Waals surface area contributed by atoms with Crippen molar-refractivity contribution in [2.75, 3.05) is 0 Å². The van der Waals surface area contributed by atoms with Gasteiger partial charge in [-0.05, 0) is 54.0 Å². The van der Waals surface area contributed by atoms with Gasteiger partial charge in [0.15, 0.2) is 11.6 Å². The van der Waals surface area contributed by atoms with Crippen LogP contribution in [-0.2, 0) is 6.11 Å². The Labute approximate surface area is 203 Å². The lowest BCUT2D eigenvalue weighted by molar-refractivity contribution is -0.189. The second kappa shape index (κ2) is 11.1. The number of halogens is 8. The number of ether oxygens (including phenoxy) is 1. The van der Waals surface area contributed by atoms with Gasteiger partial charge in [0.1, 0.15) is 28.8 Å². The standard InChI is InChI=1S/C26H17F8OP/c1-14(7-8-27)3-2-4-15-5-6-18(19(28)9-15)16-10-20(29)24(21(30)11-16)26(33,34)35-17-12-22(31)25(32)23(36)13-17/h2-13H,36H2,1H3/b4-2+,8-7-,14-3-. The predicted molar refractivity (Wildman–Crippen MR) is 125 cm³/mol. The van der Waals surface area contributed by atoms with E-state index < -0.39 is 51.8 Å². The van der Waals surface area contributed by atoms with E-state index in [1.54, 1.807) is 22.2 Å². The maximum atomic E-state index is 14.6. The molecule has 0 spiro atoms.